The molecule has 0 unspecified atom stereocenters. The molecule has 0 bridgehead atoms. The minimum Gasteiger partial charge on any atom is -0.478 e. The predicted octanol–water partition coefficient (Wildman–Crippen LogP) is 3.34. The van der Waals surface area contributed by atoms with Crippen molar-refractivity contribution >= 4 is 33.3 Å². The van der Waals surface area contributed by atoms with Crippen LogP contribution in [-0.2, 0) is 6.54 Å². The molecule has 0 fully saturated rings. The van der Waals surface area contributed by atoms with Crippen molar-refractivity contribution in [1.82, 2.24) is 0 Å². The molecule has 0 saturated carbocycles. The van der Waals surface area contributed by atoms with Crippen molar-refractivity contribution in [2.75, 3.05) is 11.1 Å². The van der Waals surface area contributed by atoms with Crippen molar-refractivity contribution in [2.24, 2.45) is 0 Å². The second kappa shape index (κ2) is 5.75. The number of hydrogen-bond acceptors (Lipinski definition) is 3. The van der Waals surface area contributed by atoms with E-state index in [9.17, 15) is 4.79 Å². The van der Waals surface area contributed by atoms with Crippen LogP contribution >= 0.6 is 15.9 Å². The van der Waals surface area contributed by atoms with Crippen molar-refractivity contribution in [1.29, 1.82) is 0 Å². The van der Waals surface area contributed by atoms with Crippen molar-refractivity contribution < 1.29 is 9.90 Å². The second-order valence-corrected chi connectivity index (χ2v) is 5.01. The van der Waals surface area contributed by atoms with Crippen LogP contribution in [0.15, 0.2) is 46.9 Å². The van der Waals surface area contributed by atoms with E-state index in [1.807, 2.05) is 24.3 Å². The number of nitrogen functional groups attached to an aromatic ring is 1. The summed E-state index contributed by atoms with van der Waals surface area (Å²) in [5.41, 5.74) is 8.00. The molecule has 0 aliphatic heterocycles. The Morgan fingerprint density at radius 2 is 1.89 bits per heavy atom. The number of rotatable bonds is 4. The molecule has 2 rings (SSSR count). The highest BCUT2D eigenvalue weighted by Gasteiger charge is 2.09. The van der Waals surface area contributed by atoms with Gasteiger partial charge in [-0.25, -0.2) is 4.79 Å². The molecule has 0 aromatic heterocycles. The number of carboxylic acid groups (broad SMARTS) is 1. The van der Waals surface area contributed by atoms with Crippen molar-refractivity contribution in [2.45, 2.75) is 6.54 Å². The fraction of sp³-hybridized carbons (Fsp3) is 0.0714. The topological polar surface area (TPSA) is 75.4 Å². The molecule has 2 aromatic rings. The molecule has 4 N–H and O–H groups in total. The number of nitrogens with two attached hydrogens (primary N) is 1. The standard InChI is InChI=1S/C14H13BrN2O2/c15-10-3-1-9(2-4-10)8-17-13-7-11(16)5-6-12(13)14(18)19/h1-7,17H,8,16H2,(H,18,19). The largest absolute Gasteiger partial charge is 0.478 e. The van der Waals surface area contributed by atoms with Gasteiger partial charge in [-0.15, -0.1) is 0 Å². The third-order valence-electron chi connectivity index (χ3n) is 2.67. The molecule has 5 heteroatoms. The van der Waals surface area contributed by atoms with Gasteiger partial charge in [0, 0.05) is 16.7 Å². The average molecular weight is 321 g/mol. The third-order valence-corrected chi connectivity index (χ3v) is 3.20. The Hall–Kier alpha value is -2.01. The van der Waals surface area contributed by atoms with Gasteiger partial charge < -0.3 is 16.2 Å². The normalized spacial score (nSPS) is 10.2. The number of carbonyl (C=O) groups is 1. The monoisotopic (exact) mass is 320 g/mol. The van der Waals surface area contributed by atoms with Gasteiger partial charge in [0.1, 0.15) is 0 Å². The SMILES string of the molecule is Nc1ccc(C(=O)O)c(NCc2ccc(Br)cc2)c1. The highest BCUT2D eigenvalue weighted by atomic mass is 79.9. The minimum atomic E-state index is -0.974. The Labute approximate surface area is 119 Å². The second-order valence-electron chi connectivity index (χ2n) is 4.09. The minimum absolute atomic E-state index is 0.214. The first-order valence-electron chi connectivity index (χ1n) is 5.67. The highest BCUT2D eigenvalue weighted by Crippen LogP contribution is 2.20. The van der Waals surface area contributed by atoms with Gasteiger partial charge in [-0.1, -0.05) is 28.1 Å². The van der Waals surface area contributed by atoms with Crippen molar-refractivity contribution in [3.05, 3.63) is 58.1 Å². The maximum atomic E-state index is 11.1. The first-order chi connectivity index (χ1) is 9.06. The Morgan fingerprint density at radius 1 is 1.21 bits per heavy atom. The van der Waals surface area contributed by atoms with Crippen molar-refractivity contribution in [3.63, 3.8) is 0 Å². The summed E-state index contributed by atoms with van der Waals surface area (Å²) in [5.74, 6) is -0.974. The zero-order chi connectivity index (χ0) is 13.8. The highest BCUT2D eigenvalue weighted by molar-refractivity contribution is 9.10. The molecule has 0 saturated heterocycles. The van der Waals surface area contributed by atoms with Crippen molar-refractivity contribution in [3.8, 4) is 0 Å². The van der Waals surface area contributed by atoms with Crippen LogP contribution in [-0.4, -0.2) is 11.1 Å². The summed E-state index contributed by atoms with van der Waals surface area (Å²) in [4.78, 5) is 11.1. The number of hydrogen-bond donors (Lipinski definition) is 3. The van der Waals surface area contributed by atoms with Gasteiger partial charge in [-0.2, -0.15) is 0 Å². The summed E-state index contributed by atoms with van der Waals surface area (Å²) in [6.07, 6.45) is 0. The van der Waals surface area contributed by atoms with E-state index in [4.69, 9.17) is 10.8 Å². The fourth-order valence-corrected chi connectivity index (χ4v) is 1.96. The molecule has 0 amide bonds. The predicted molar refractivity (Wildman–Crippen MR) is 79.3 cm³/mol. The Bertz CT molecular complexity index is 597. The van der Waals surface area contributed by atoms with Crippen LogP contribution in [0.2, 0.25) is 0 Å². The lowest BCUT2D eigenvalue weighted by molar-refractivity contribution is 0.0698. The molecule has 0 spiro atoms. The lowest BCUT2D eigenvalue weighted by Crippen LogP contribution is -2.07. The summed E-state index contributed by atoms with van der Waals surface area (Å²) in [7, 11) is 0. The number of aromatic carboxylic acids is 1. The summed E-state index contributed by atoms with van der Waals surface area (Å²) in [6.45, 7) is 0.539. The maximum Gasteiger partial charge on any atom is 0.337 e. The fourth-order valence-electron chi connectivity index (χ4n) is 1.69. The molecule has 0 aliphatic carbocycles. The van der Waals surface area contributed by atoms with E-state index in [0.717, 1.165) is 10.0 Å². The Kier molecular flexibility index (Phi) is 4.06. The van der Waals surface area contributed by atoms with E-state index in [2.05, 4.69) is 21.2 Å². The molecule has 98 valence electrons. The lowest BCUT2D eigenvalue weighted by Gasteiger charge is -2.10. The van der Waals surface area contributed by atoms with Gasteiger partial charge in [0.15, 0.2) is 0 Å². The number of anilines is 2. The van der Waals surface area contributed by atoms with Crippen LogP contribution in [0, 0.1) is 0 Å². The first kappa shape index (κ1) is 13.4. The van der Waals surface area contributed by atoms with Crippen LogP contribution in [0.25, 0.3) is 0 Å². The van der Waals surface area contributed by atoms with E-state index in [-0.39, 0.29) is 5.56 Å². The van der Waals surface area contributed by atoms with E-state index in [1.165, 1.54) is 6.07 Å². The third kappa shape index (κ3) is 3.48. The van der Waals surface area contributed by atoms with Crippen LogP contribution in [0.4, 0.5) is 11.4 Å². The number of nitrogens with one attached hydrogen (secondary N) is 1. The quantitative estimate of drug-likeness (QED) is 0.755. The van der Waals surface area contributed by atoms with Gasteiger partial charge >= 0.3 is 5.97 Å². The number of halogens is 1. The van der Waals surface area contributed by atoms with Gasteiger partial charge in [0.05, 0.1) is 11.3 Å². The zero-order valence-electron chi connectivity index (χ0n) is 10.1. The van der Waals surface area contributed by atoms with Crippen LogP contribution < -0.4 is 11.1 Å². The maximum absolute atomic E-state index is 11.1. The molecule has 2 aromatic carbocycles. The molecule has 4 nitrogen and oxygen atoms in total. The van der Waals surface area contributed by atoms with E-state index in [0.29, 0.717) is 17.9 Å². The average Bonchev–Trinajstić information content (AvgIpc) is 2.38. The van der Waals surface area contributed by atoms with Gasteiger partial charge in [0.25, 0.3) is 0 Å². The molecule has 0 heterocycles. The molecule has 0 aliphatic rings. The lowest BCUT2D eigenvalue weighted by atomic mass is 10.1. The molecule has 19 heavy (non-hydrogen) atoms. The smallest absolute Gasteiger partial charge is 0.337 e. The summed E-state index contributed by atoms with van der Waals surface area (Å²) in [5, 5.41) is 12.2. The summed E-state index contributed by atoms with van der Waals surface area (Å²) < 4.78 is 1.01. The zero-order valence-corrected chi connectivity index (χ0v) is 11.6. The number of carboxylic acids is 1. The molecule has 0 radical (unpaired) electrons. The van der Waals surface area contributed by atoms with E-state index >= 15 is 0 Å². The van der Waals surface area contributed by atoms with E-state index in [1.54, 1.807) is 12.1 Å². The Morgan fingerprint density at radius 3 is 2.53 bits per heavy atom. The van der Waals surface area contributed by atoms with Gasteiger partial charge in [0.2, 0.25) is 0 Å². The number of benzene rings is 2. The van der Waals surface area contributed by atoms with Gasteiger partial charge in [-0.05, 0) is 35.9 Å². The molecular formula is C14H13BrN2O2. The first-order valence-corrected chi connectivity index (χ1v) is 6.46. The van der Waals surface area contributed by atoms with Crippen LogP contribution in [0.5, 0.6) is 0 Å². The summed E-state index contributed by atoms with van der Waals surface area (Å²) in [6, 6.07) is 12.5. The van der Waals surface area contributed by atoms with E-state index < -0.39 is 5.97 Å². The molecular weight excluding hydrogens is 308 g/mol. The van der Waals surface area contributed by atoms with Crippen LogP contribution in [0.1, 0.15) is 15.9 Å². The summed E-state index contributed by atoms with van der Waals surface area (Å²) >= 11 is 3.37. The Balaban J connectivity index is 2.16. The molecule has 0 atom stereocenters. The van der Waals surface area contributed by atoms with Gasteiger partial charge in [-0.3, -0.25) is 0 Å². The van der Waals surface area contributed by atoms with Crippen LogP contribution in [0.3, 0.4) is 0 Å².